The van der Waals surface area contributed by atoms with E-state index in [1.807, 2.05) is 27.7 Å². The van der Waals surface area contributed by atoms with Crippen LogP contribution >= 0.6 is 11.3 Å². The van der Waals surface area contributed by atoms with E-state index in [0.717, 1.165) is 28.0 Å². The Morgan fingerprint density at radius 1 is 1.26 bits per heavy atom. The van der Waals surface area contributed by atoms with Crippen LogP contribution in [0.4, 0.5) is 0 Å². The second kappa shape index (κ2) is 10.0. The van der Waals surface area contributed by atoms with Crippen LogP contribution in [0.2, 0.25) is 0 Å². The van der Waals surface area contributed by atoms with Crippen molar-refractivity contribution in [3.05, 3.63) is 45.0 Å². The van der Waals surface area contributed by atoms with Gasteiger partial charge in [-0.2, -0.15) is 9.62 Å². The standard InChI is InChI=1S/C22H29N3O4S2/c1-12(2)15-7-14(10-23)8-16(13(3)4)17(15)9-19(27)25-31(29)21-24-18(11-26)20(30-21)22(5,6)28/h7-8,12-13,26,28,31H,9,11H2,1-6H3. The molecule has 1 heterocycles. The number of carbonyl (C=O) groups excluding carboxylic acids is 1. The summed E-state index contributed by atoms with van der Waals surface area (Å²) >= 11 is 0.982. The van der Waals surface area contributed by atoms with Crippen LogP contribution in [-0.4, -0.2) is 25.3 Å². The van der Waals surface area contributed by atoms with E-state index in [0.29, 0.717) is 10.4 Å². The molecule has 2 N–H and O–H groups in total. The molecule has 168 valence electrons. The molecule has 0 spiro atoms. The summed E-state index contributed by atoms with van der Waals surface area (Å²) in [6.07, 6.45) is -0.0234. The Morgan fingerprint density at radius 2 is 1.81 bits per heavy atom. The Kier molecular flexibility index (Phi) is 8.11. The van der Waals surface area contributed by atoms with Gasteiger partial charge in [0.1, 0.15) is 0 Å². The van der Waals surface area contributed by atoms with E-state index in [9.17, 15) is 24.5 Å². The minimum absolute atomic E-state index is 0.0234. The lowest BCUT2D eigenvalue weighted by atomic mass is 9.85. The molecule has 0 saturated carbocycles. The molecule has 0 aliphatic rings. The number of thiazole rings is 1. The summed E-state index contributed by atoms with van der Waals surface area (Å²) in [6, 6.07) is 5.76. The lowest BCUT2D eigenvalue weighted by Gasteiger charge is -2.19. The van der Waals surface area contributed by atoms with Gasteiger partial charge in [-0.3, -0.25) is 4.79 Å². The number of nitrogens with zero attached hydrogens (tertiary/aromatic N) is 3. The molecule has 9 heteroatoms. The van der Waals surface area contributed by atoms with Gasteiger partial charge in [-0.25, -0.2) is 9.19 Å². The Morgan fingerprint density at radius 3 is 2.19 bits per heavy atom. The summed E-state index contributed by atoms with van der Waals surface area (Å²) in [4.78, 5) is 17.2. The van der Waals surface area contributed by atoms with Gasteiger partial charge in [0.2, 0.25) is 0 Å². The first-order valence-corrected chi connectivity index (χ1v) is 12.0. The molecule has 1 amide bonds. The Bertz CT molecular complexity index is 1070. The predicted molar refractivity (Wildman–Crippen MR) is 122 cm³/mol. The van der Waals surface area contributed by atoms with Gasteiger partial charge in [0.25, 0.3) is 5.91 Å². The molecule has 1 aromatic heterocycles. The fourth-order valence-electron chi connectivity index (χ4n) is 3.35. The molecule has 0 bridgehead atoms. The third-order valence-corrected chi connectivity index (χ3v) is 7.57. The number of rotatable bonds is 7. The minimum atomic E-state index is -2.46. The van der Waals surface area contributed by atoms with Gasteiger partial charge in [0, 0.05) is 0 Å². The number of aliphatic hydroxyl groups excluding tert-OH is 1. The topological polar surface area (TPSA) is 124 Å². The number of hydrogen-bond donors (Lipinski definition) is 3. The van der Waals surface area contributed by atoms with Crippen LogP contribution in [0.1, 0.15) is 86.2 Å². The van der Waals surface area contributed by atoms with Crippen molar-refractivity contribution in [3.63, 3.8) is 0 Å². The van der Waals surface area contributed by atoms with E-state index in [-0.39, 0.29) is 28.3 Å². The van der Waals surface area contributed by atoms with Crippen LogP contribution < -0.4 is 0 Å². The van der Waals surface area contributed by atoms with Gasteiger partial charge in [-0.15, -0.1) is 11.3 Å². The molecular formula is C22H29N3O4S2. The first kappa shape index (κ1) is 25.1. The van der Waals surface area contributed by atoms with Crippen LogP contribution in [0, 0.1) is 11.3 Å². The lowest BCUT2D eigenvalue weighted by Crippen LogP contribution is -2.15. The Balaban J connectivity index is 2.45. The monoisotopic (exact) mass is 463 g/mol. The highest BCUT2D eigenvalue weighted by Gasteiger charge is 2.25. The van der Waals surface area contributed by atoms with Crippen molar-refractivity contribution in [1.82, 2.24) is 4.98 Å². The summed E-state index contributed by atoms with van der Waals surface area (Å²) in [6.45, 7) is 10.7. The number of aromatic nitrogens is 1. The maximum atomic E-state index is 12.7. The minimum Gasteiger partial charge on any atom is -0.390 e. The highest BCUT2D eigenvalue weighted by molar-refractivity contribution is 7.77. The molecule has 1 aromatic carbocycles. The smallest absolute Gasteiger partial charge is 0.258 e. The van der Waals surface area contributed by atoms with Crippen LogP contribution in [0.15, 0.2) is 20.8 Å². The maximum absolute atomic E-state index is 12.7. The van der Waals surface area contributed by atoms with E-state index in [1.165, 1.54) is 0 Å². The van der Waals surface area contributed by atoms with Crippen molar-refractivity contribution in [1.29, 1.82) is 5.26 Å². The van der Waals surface area contributed by atoms with Crippen LogP contribution in [-0.2, 0) is 34.0 Å². The van der Waals surface area contributed by atoms with E-state index in [4.69, 9.17) is 0 Å². The zero-order valence-electron chi connectivity index (χ0n) is 18.6. The summed E-state index contributed by atoms with van der Waals surface area (Å²) in [5.74, 6) is -0.342. The second-order valence-corrected chi connectivity index (χ2v) is 11.0. The number of carbonyl (C=O) groups is 1. The SMILES string of the molecule is CC(C)c1cc(C#N)cc(C(C)C)c1CC(=O)/N=[SH](=O)/c1nc(CO)c(C(C)(C)O)s1. The number of amides is 1. The largest absolute Gasteiger partial charge is 0.390 e. The van der Waals surface area contributed by atoms with E-state index in [1.54, 1.807) is 26.0 Å². The summed E-state index contributed by atoms with van der Waals surface area (Å²) in [5.41, 5.74) is 2.15. The van der Waals surface area contributed by atoms with Crippen molar-refractivity contribution in [2.24, 2.45) is 4.36 Å². The molecule has 31 heavy (non-hydrogen) atoms. The van der Waals surface area contributed by atoms with Gasteiger partial charge in [0.15, 0.2) is 4.34 Å². The fraction of sp³-hybridized carbons (Fsp3) is 0.500. The van der Waals surface area contributed by atoms with Crippen molar-refractivity contribution in [3.8, 4) is 6.07 Å². The van der Waals surface area contributed by atoms with Crippen molar-refractivity contribution in [2.45, 2.75) is 76.3 Å². The van der Waals surface area contributed by atoms with Crippen LogP contribution in [0.25, 0.3) is 0 Å². The summed E-state index contributed by atoms with van der Waals surface area (Å²) < 4.78 is 16.6. The summed E-state index contributed by atoms with van der Waals surface area (Å²) in [5, 5.41) is 29.1. The van der Waals surface area contributed by atoms with Gasteiger partial charge in [-0.1, -0.05) is 27.7 Å². The zero-order chi connectivity index (χ0) is 23.5. The van der Waals surface area contributed by atoms with E-state index < -0.39 is 28.7 Å². The van der Waals surface area contributed by atoms with Crippen molar-refractivity contribution < 1.29 is 19.2 Å². The first-order valence-electron chi connectivity index (χ1n) is 10.0. The van der Waals surface area contributed by atoms with Crippen LogP contribution in [0.3, 0.4) is 0 Å². The molecular weight excluding hydrogens is 434 g/mol. The number of nitriles is 1. The molecule has 0 saturated heterocycles. The van der Waals surface area contributed by atoms with Gasteiger partial charge in [-0.05, 0) is 54.5 Å². The van der Waals surface area contributed by atoms with Gasteiger partial charge < -0.3 is 10.2 Å². The molecule has 0 aliphatic heterocycles. The quantitative estimate of drug-likeness (QED) is 0.537. The normalized spacial score (nSPS) is 13.1. The molecule has 2 rings (SSSR count). The molecule has 0 radical (unpaired) electrons. The van der Waals surface area contributed by atoms with Crippen LogP contribution in [0.5, 0.6) is 0 Å². The highest BCUT2D eigenvalue weighted by atomic mass is 32.2. The number of hydrogen-bond acceptors (Lipinski definition) is 7. The zero-order valence-corrected chi connectivity index (χ0v) is 20.3. The van der Waals surface area contributed by atoms with Crippen molar-refractivity contribution in [2.75, 3.05) is 0 Å². The second-order valence-electron chi connectivity index (χ2n) is 8.49. The molecule has 7 nitrogen and oxygen atoms in total. The maximum Gasteiger partial charge on any atom is 0.258 e. The van der Waals surface area contributed by atoms with Gasteiger partial charge >= 0.3 is 0 Å². The molecule has 1 atom stereocenters. The fourth-order valence-corrected chi connectivity index (χ4v) is 5.44. The molecule has 2 aromatic rings. The lowest BCUT2D eigenvalue weighted by molar-refractivity contribution is -0.117. The average Bonchev–Trinajstić information content (AvgIpc) is 3.12. The third kappa shape index (κ3) is 5.98. The number of aliphatic hydroxyl groups is 2. The molecule has 0 fully saturated rings. The highest BCUT2D eigenvalue weighted by Crippen LogP contribution is 2.32. The predicted octanol–water partition coefficient (Wildman–Crippen LogP) is 3.77. The Labute approximate surface area is 189 Å². The van der Waals surface area contributed by atoms with Crippen molar-refractivity contribution >= 4 is 27.8 Å². The summed E-state index contributed by atoms with van der Waals surface area (Å²) in [7, 11) is -2.46. The van der Waals surface area contributed by atoms with E-state index >= 15 is 0 Å². The van der Waals surface area contributed by atoms with Gasteiger partial charge in [0.05, 0.1) is 51.4 Å². The molecule has 0 aliphatic carbocycles. The molecule has 1 unspecified atom stereocenters. The number of thiol groups is 1. The Hall–Kier alpha value is -2.12. The average molecular weight is 464 g/mol. The first-order chi connectivity index (χ1) is 14.4. The van der Waals surface area contributed by atoms with E-state index in [2.05, 4.69) is 15.4 Å². The number of benzene rings is 1. The third-order valence-electron chi connectivity index (χ3n) is 4.78.